The Kier molecular flexibility index (Phi) is 5.07. The van der Waals surface area contributed by atoms with Gasteiger partial charge in [0.05, 0.1) is 5.71 Å². The van der Waals surface area contributed by atoms with E-state index in [1.807, 2.05) is 30.3 Å². The maximum atomic E-state index is 9.33. The van der Waals surface area contributed by atoms with Crippen molar-refractivity contribution >= 4 is 17.5 Å². The smallest absolute Gasteiger partial charge is 0.0970 e. The Hall–Kier alpha value is -1.74. The maximum absolute atomic E-state index is 9.33. The van der Waals surface area contributed by atoms with Gasteiger partial charge in [0, 0.05) is 16.2 Å². The zero-order valence-corrected chi connectivity index (χ0v) is 13.5. The molecular weight excluding hydrogens is 278 g/mol. The molecule has 0 saturated heterocycles. The molecule has 0 aromatic heterocycles. The Morgan fingerprint density at radius 2 is 1.76 bits per heavy atom. The van der Waals surface area contributed by atoms with Crippen molar-refractivity contribution in [3.8, 4) is 0 Å². The molecule has 0 radical (unpaired) electrons. The lowest BCUT2D eigenvalue weighted by atomic mass is 9.86. The van der Waals surface area contributed by atoms with Gasteiger partial charge < -0.3 is 5.21 Å². The molecule has 0 fully saturated rings. The van der Waals surface area contributed by atoms with E-state index in [0.29, 0.717) is 11.5 Å². The van der Waals surface area contributed by atoms with Crippen LogP contribution >= 0.6 is 11.8 Å². The molecule has 1 N–H and O–H groups in total. The lowest BCUT2D eigenvalue weighted by molar-refractivity contribution is 0.319. The molecule has 2 aromatic carbocycles. The van der Waals surface area contributed by atoms with E-state index in [-0.39, 0.29) is 5.41 Å². The monoisotopic (exact) mass is 299 g/mol. The predicted octanol–water partition coefficient (Wildman–Crippen LogP) is 4.95. The zero-order valence-electron chi connectivity index (χ0n) is 12.7. The van der Waals surface area contributed by atoms with Crippen LogP contribution in [0.25, 0.3) is 0 Å². The number of hydrogen-bond acceptors (Lipinski definition) is 3. The molecule has 0 bridgehead atoms. The van der Waals surface area contributed by atoms with Crippen molar-refractivity contribution in [2.75, 3.05) is 5.75 Å². The Morgan fingerprint density at radius 1 is 1.05 bits per heavy atom. The maximum Gasteiger partial charge on any atom is 0.0970 e. The van der Waals surface area contributed by atoms with Crippen molar-refractivity contribution in [3.63, 3.8) is 0 Å². The van der Waals surface area contributed by atoms with Gasteiger partial charge in [-0.05, 0) is 29.2 Å². The second-order valence-electron chi connectivity index (χ2n) is 5.98. The summed E-state index contributed by atoms with van der Waals surface area (Å²) in [6.45, 7) is 6.54. The molecule has 21 heavy (non-hydrogen) atoms. The molecule has 3 heteroatoms. The SMILES string of the molecule is CC(C)(C)c1cccc(/C(CSc2ccccc2)=N\O)c1. The summed E-state index contributed by atoms with van der Waals surface area (Å²) in [5, 5.41) is 12.8. The van der Waals surface area contributed by atoms with E-state index < -0.39 is 0 Å². The summed E-state index contributed by atoms with van der Waals surface area (Å²) in [6, 6.07) is 18.4. The summed E-state index contributed by atoms with van der Waals surface area (Å²) in [4.78, 5) is 1.17. The van der Waals surface area contributed by atoms with Crippen LogP contribution in [0.5, 0.6) is 0 Å². The fourth-order valence-electron chi connectivity index (χ4n) is 2.00. The first-order chi connectivity index (χ1) is 10.0. The third kappa shape index (κ3) is 4.36. The fourth-order valence-corrected chi connectivity index (χ4v) is 2.88. The van der Waals surface area contributed by atoms with Crippen molar-refractivity contribution in [1.82, 2.24) is 0 Å². The Balaban J connectivity index is 2.15. The molecule has 0 unspecified atom stereocenters. The molecule has 0 aliphatic carbocycles. The van der Waals surface area contributed by atoms with Gasteiger partial charge in [-0.15, -0.1) is 11.8 Å². The van der Waals surface area contributed by atoms with Gasteiger partial charge in [-0.1, -0.05) is 62.3 Å². The summed E-state index contributed by atoms with van der Waals surface area (Å²) in [6.07, 6.45) is 0. The molecule has 110 valence electrons. The number of nitrogens with zero attached hydrogens (tertiary/aromatic N) is 1. The fraction of sp³-hybridized carbons (Fsp3) is 0.278. The molecule has 2 aromatic rings. The van der Waals surface area contributed by atoms with Crippen LogP contribution in [0.1, 0.15) is 31.9 Å². The van der Waals surface area contributed by atoms with Crippen LogP contribution in [-0.2, 0) is 5.41 Å². The number of thioether (sulfide) groups is 1. The summed E-state index contributed by atoms with van der Waals surface area (Å²) in [5.74, 6) is 0.647. The third-order valence-electron chi connectivity index (χ3n) is 3.30. The summed E-state index contributed by atoms with van der Waals surface area (Å²) < 4.78 is 0. The van der Waals surface area contributed by atoms with Gasteiger partial charge in [-0.2, -0.15) is 0 Å². The largest absolute Gasteiger partial charge is 0.411 e. The number of rotatable bonds is 4. The van der Waals surface area contributed by atoms with E-state index in [1.165, 1.54) is 10.5 Å². The Labute approximate surface area is 130 Å². The van der Waals surface area contributed by atoms with Crippen LogP contribution in [0.3, 0.4) is 0 Å². The van der Waals surface area contributed by atoms with Crippen molar-refractivity contribution < 1.29 is 5.21 Å². The van der Waals surface area contributed by atoms with Gasteiger partial charge in [-0.25, -0.2) is 0 Å². The normalized spacial score (nSPS) is 12.4. The molecule has 0 spiro atoms. The number of hydrogen-bond donors (Lipinski definition) is 1. The third-order valence-corrected chi connectivity index (χ3v) is 4.32. The van der Waals surface area contributed by atoms with Crippen molar-refractivity contribution in [1.29, 1.82) is 0 Å². The molecule has 0 atom stereocenters. The summed E-state index contributed by atoms with van der Waals surface area (Å²) in [7, 11) is 0. The van der Waals surface area contributed by atoms with Gasteiger partial charge in [0.1, 0.15) is 0 Å². The zero-order chi connectivity index (χ0) is 15.3. The molecule has 0 aliphatic rings. The van der Waals surface area contributed by atoms with Crippen LogP contribution in [0.15, 0.2) is 64.6 Å². The van der Waals surface area contributed by atoms with Crippen LogP contribution in [0.4, 0.5) is 0 Å². The topological polar surface area (TPSA) is 32.6 Å². The van der Waals surface area contributed by atoms with Crippen LogP contribution in [-0.4, -0.2) is 16.7 Å². The predicted molar refractivity (Wildman–Crippen MR) is 90.6 cm³/mol. The second kappa shape index (κ2) is 6.81. The van der Waals surface area contributed by atoms with Crippen molar-refractivity contribution in [3.05, 3.63) is 65.7 Å². The first-order valence-corrected chi connectivity index (χ1v) is 7.99. The lowest BCUT2D eigenvalue weighted by Crippen LogP contribution is -2.13. The van der Waals surface area contributed by atoms with Gasteiger partial charge in [-0.3, -0.25) is 0 Å². The first-order valence-electron chi connectivity index (χ1n) is 7.00. The van der Waals surface area contributed by atoms with E-state index in [2.05, 4.69) is 50.2 Å². The highest BCUT2D eigenvalue weighted by Crippen LogP contribution is 2.24. The quantitative estimate of drug-likeness (QED) is 0.375. The molecule has 0 aliphatic heterocycles. The molecule has 0 amide bonds. The lowest BCUT2D eigenvalue weighted by Gasteiger charge is -2.19. The minimum Gasteiger partial charge on any atom is -0.411 e. The highest BCUT2D eigenvalue weighted by atomic mass is 32.2. The van der Waals surface area contributed by atoms with Crippen molar-refractivity contribution in [2.24, 2.45) is 5.16 Å². The Bertz CT molecular complexity index is 615. The van der Waals surface area contributed by atoms with Crippen LogP contribution < -0.4 is 0 Å². The highest BCUT2D eigenvalue weighted by molar-refractivity contribution is 8.00. The Morgan fingerprint density at radius 3 is 2.38 bits per heavy atom. The van der Waals surface area contributed by atoms with Crippen LogP contribution in [0.2, 0.25) is 0 Å². The molecule has 2 rings (SSSR count). The minimum absolute atomic E-state index is 0.0865. The number of oxime groups is 1. The standard InChI is InChI=1S/C18H21NOS/c1-18(2,3)15-9-7-8-14(12-15)17(19-20)13-21-16-10-5-4-6-11-16/h4-12,20H,13H2,1-3H3/b19-17-. The minimum atomic E-state index is 0.0865. The van der Waals surface area contributed by atoms with E-state index in [1.54, 1.807) is 11.8 Å². The molecule has 2 nitrogen and oxygen atoms in total. The summed E-state index contributed by atoms with van der Waals surface area (Å²) >= 11 is 1.67. The van der Waals surface area contributed by atoms with Gasteiger partial charge >= 0.3 is 0 Å². The van der Waals surface area contributed by atoms with E-state index in [9.17, 15) is 5.21 Å². The van der Waals surface area contributed by atoms with E-state index >= 15 is 0 Å². The summed E-state index contributed by atoms with van der Waals surface area (Å²) in [5.41, 5.74) is 3.01. The average Bonchev–Trinajstić information content (AvgIpc) is 2.48. The molecular formula is C18H21NOS. The first kappa shape index (κ1) is 15.6. The second-order valence-corrected chi connectivity index (χ2v) is 7.03. The van der Waals surface area contributed by atoms with Gasteiger partial charge in [0.15, 0.2) is 0 Å². The molecule has 0 saturated carbocycles. The van der Waals surface area contributed by atoms with Gasteiger partial charge in [0.2, 0.25) is 0 Å². The van der Waals surface area contributed by atoms with E-state index in [0.717, 1.165) is 5.56 Å². The van der Waals surface area contributed by atoms with E-state index in [4.69, 9.17) is 0 Å². The average molecular weight is 299 g/mol. The number of benzene rings is 2. The van der Waals surface area contributed by atoms with Crippen molar-refractivity contribution in [2.45, 2.75) is 31.1 Å². The highest BCUT2D eigenvalue weighted by Gasteiger charge is 2.15. The van der Waals surface area contributed by atoms with Gasteiger partial charge in [0.25, 0.3) is 0 Å². The molecule has 0 heterocycles. The van der Waals surface area contributed by atoms with Crippen LogP contribution in [0, 0.1) is 0 Å².